The van der Waals surface area contributed by atoms with Crippen molar-refractivity contribution < 1.29 is 30.4 Å². The molecule has 1 aliphatic heterocycles. The monoisotopic (exact) mass is 622 g/mol. The molecule has 3 heterocycles. The Bertz CT molecular complexity index is 1900. The molecule has 0 aliphatic carbocycles. The second kappa shape index (κ2) is 11.5. The van der Waals surface area contributed by atoms with Crippen LogP contribution in [0.25, 0.3) is 33.3 Å². The Hall–Kier alpha value is -4.11. The van der Waals surface area contributed by atoms with Crippen LogP contribution in [0.1, 0.15) is 26.3 Å². The minimum Gasteiger partial charge on any atom is -0.350 e. The molecule has 9 nitrogen and oxygen atoms in total. The number of anilines is 2. The molecule has 0 unspecified atom stereocenters. The first kappa shape index (κ1) is 30.4. The number of aromatic nitrogens is 3. The van der Waals surface area contributed by atoms with Gasteiger partial charge in [-0.2, -0.15) is 4.98 Å². The molecule has 15 heteroatoms. The standard InChI is InChI=1S/C28H27F5N6O3S/c1-13(2)39-26-14(10-35-28(37-26)36-16-9-15(29)11-34-12-16)8-18(27(39)40)21-20(17-6-4-5-7-19(17)30)23(32)25(24(33)22(21)31)38-43(3,41)42/h4-8,10,13,15-16,34,38H,9,11-12H2,1-3H3,(H,35,36,37)/t15-,16-/m0/s1. The van der Waals surface area contributed by atoms with Crippen molar-refractivity contribution in [3.63, 3.8) is 0 Å². The lowest BCUT2D eigenvalue weighted by Crippen LogP contribution is -2.44. The Morgan fingerprint density at radius 2 is 1.72 bits per heavy atom. The molecule has 1 fully saturated rings. The van der Waals surface area contributed by atoms with Gasteiger partial charge in [-0.1, -0.05) is 18.2 Å². The molecule has 2 atom stereocenters. The van der Waals surface area contributed by atoms with Gasteiger partial charge in [0.15, 0.2) is 17.5 Å². The largest absolute Gasteiger partial charge is 0.350 e. The van der Waals surface area contributed by atoms with Crippen LogP contribution < -0.4 is 20.9 Å². The number of alkyl halides is 1. The number of pyridine rings is 1. The van der Waals surface area contributed by atoms with Crippen molar-refractivity contribution in [3.05, 3.63) is 70.2 Å². The van der Waals surface area contributed by atoms with Gasteiger partial charge in [0, 0.05) is 59.9 Å². The Morgan fingerprint density at radius 1 is 1.02 bits per heavy atom. The van der Waals surface area contributed by atoms with Crippen molar-refractivity contribution in [3.8, 4) is 22.3 Å². The van der Waals surface area contributed by atoms with Crippen LogP contribution in [0.15, 0.2) is 41.3 Å². The summed E-state index contributed by atoms with van der Waals surface area (Å²) < 4.78 is 103. The van der Waals surface area contributed by atoms with Gasteiger partial charge >= 0.3 is 0 Å². The highest BCUT2D eigenvalue weighted by Gasteiger charge is 2.32. The lowest BCUT2D eigenvalue weighted by molar-refractivity contribution is 0.254. The number of fused-ring (bicyclic) bond motifs is 1. The number of hydrogen-bond donors (Lipinski definition) is 3. The first-order valence-electron chi connectivity index (χ1n) is 13.2. The van der Waals surface area contributed by atoms with E-state index < -0.39 is 79.0 Å². The summed E-state index contributed by atoms with van der Waals surface area (Å²) >= 11 is 0. The molecule has 2 aromatic carbocycles. The highest BCUT2D eigenvalue weighted by molar-refractivity contribution is 7.92. The SMILES string of the molecule is CC(C)n1c(=O)c(-c2c(F)c(F)c(NS(C)(=O)=O)c(F)c2-c2ccccc2F)cc2cnc(N[C@@H]3CNC[C@@H](F)C3)nc21. The minimum atomic E-state index is -4.30. The number of piperidine rings is 1. The van der Waals surface area contributed by atoms with Crippen LogP contribution in [0, 0.1) is 23.3 Å². The van der Waals surface area contributed by atoms with Crippen molar-refractivity contribution in [1.82, 2.24) is 19.9 Å². The molecule has 43 heavy (non-hydrogen) atoms. The van der Waals surface area contributed by atoms with Gasteiger partial charge in [0.25, 0.3) is 5.56 Å². The van der Waals surface area contributed by atoms with E-state index in [1.54, 1.807) is 18.6 Å². The molecule has 0 radical (unpaired) electrons. The predicted molar refractivity (Wildman–Crippen MR) is 153 cm³/mol. The third-order valence-corrected chi connectivity index (χ3v) is 7.52. The van der Waals surface area contributed by atoms with Crippen LogP contribution in [-0.4, -0.2) is 54.5 Å². The lowest BCUT2D eigenvalue weighted by Gasteiger charge is -2.26. The van der Waals surface area contributed by atoms with E-state index in [1.165, 1.54) is 18.3 Å². The molecule has 228 valence electrons. The van der Waals surface area contributed by atoms with Gasteiger partial charge in [-0.05, 0) is 26.0 Å². The molecule has 3 N–H and O–H groups in total. The summed E-state index contributed by atoms with van der Waals surface area (Å²) in [6.07, 6.45) is 1.06. The number of nitrogens with one attached hydrogen (secondary N) is 3. The highest BCUT2D eigenvalue weighted by Crippen LogP contribution is 2.42. The van der Waals surface area contributed by atoms with Gasteiger partial charge in [-0.3, -0.25) is 14.1 Å². The van der Waals surface area contributed by atoms with Crippen molar-refractivity contribution in [2.45, 2.75) is 38.5 Å². The van der Waals surface area contributed by atoms with Crippen LogP contribution in [0.4, 0.5) is 33.6 Å². The van der Waals surface area contributed by atoms with Gasteiger partial charge < -0.3 is 10.6 Å². The zero-order chi connectivity index (χ0) is 31.2. The van der Waals surface area contributed by atoms with E-state index in [9.17, 15) is 17.6 Å². The summed E-state index contributed by atoms with van der Waals surface area (Å²) in [6, 6.07) is 4.83. The summed E-state index contributed by atoms with van der Waals surface area (Å²) in [5.74, 6) is -6.25. The molecule has 1 saturated heterocycles. The van der Waals surface area contributed by atoms with Crippen LogP contribution >= 0.6 is 0 Å². The fourth-order valence-corrected chi connectivity index (χ4v) is 5.69. The molecule has 0 bridgehead atoms. The van der Waals surface area contributed by atoms with Gasteiger partial charge in [0.2, 0.25) is 16.0 Å². The van der Waals surface area contributed by atoms with E-state index in [4.69, 9.17) is 0 Å². The van der Waals surface area contributed by atoms with E-state index in [-0.39, 0.29) is 36.0 Å². The molecule has 0 saturated carbocycles. The van der Waals surface area contributed by atoms with E-state index in [1.807, 2.05) is 0 Å². The molecular weight excluding hydrogens is 595 g/mol. The maximum atomic E-state index is 16.0. The zero-order valence-corrected chi connectivity index (χ0v) is 24.0. The summed E-state index contributed by atoms with van der Waals surface area (Å²) in [4.78, 5) is 22.6. The number of halogens is 5. The van der Waals surface area contributed by atoms with Crippen molar-refractivity contribution in [2.75, 3.05) is 29.4 Å². The van der Waals surface area contributed by atoms with Crippen LogP contribution in [0.3, 0.4) is 0 Å². The summed E-state index contributed by atoms with van der Waals surface area (Å²) in [5.41, 5.74) is -5.02. The normalized spacial score (nSPS) is 17.4. The van der Waals surface area contributed by atoms with E-state index in [0.29, 0.717) is 12.8 Å². The second-order valence-electron chi connectivity index (χ2n) is 10.6. The fraction of sp³-hybridized carbons (Fsp3) is 0.321. The number of hydrogen-bond acceptors (Lipinski definition) is 7. The quantitative estimate of drug-likeness (QED) is 0.201. The van der Waals surface area contributed by atoms with Crippen molar-refractivity contribution in [2.24, 2.45) is 0 Å². The zero-order valence-electron chi connectivity index (χ0n) is 23.2. The highest BCUT2D eigenvalue weighted by atomic mass is 32.2. The summed E-state index contributed by atoms with van der Waals surface area (Å²) in [7, 11) is -4.30. The first-order valence-corrected chi connectivity index (χ1v) is 15.1. The topological polar surface area (TPSA) is 118 Å². The van der Waals surface area contributed by atoms with Crippen LogP contribution in [-0.2, 0) is 10.0 Å². The Labute approximate surface area is 243 Å². The Balaban J connectivity index is 1.78. The molecular formula is C28H27F5N6O3S. The number of nitrogens with zero attached hydrogens (tertiary/aromatic N) is 3. The van der Waals surface area contributed by atoms with Gasteiger partial charge in [0.1, 0.15) is 23.3 Å². The average molecular weight is 623 g/mol. The molecule has 0 spiro atoms. The van der Waals surface area contributed by atoms with Gasteiger partial charge in [0.05, 0.1) is 11.8 Å². The van der Waals surface area contributed by atoms with Crippen LogP contribution in [0.5, 0.6) is 0 Å². The average Bonchev–Trinajstić information content (AvgIpc) is 2.93. The predicted octanol–water partition coefficient (Wildman–Crippen LogP) is 4.75. The van der Waals surface area contributed by atoms with Crippen molar-refractivity contribution >= 4 is 32.7 Å². The smallest absolute Gasteiger partial charge is 0.260 e. The maximum Gasteiger partial charge on any atom is 0.260 e. The van der Waals surface area contributed by atoms with E-state index >= 15 is 17.6 Å². The maximum absolute atomic E-state index is 16.0. The minimum absolute atomic E-state index is 0.0986. The molecule has 1 aliphatic rings. The fourth-order valence-electron chi connectivity index (χ4n) is 5.14. The number of sulfonamides is 1. The molecule has 5 rings (SSSR count). The van der Waals surface area contributed by atoms with Gasteiger partial charge in [-0.15, -0.1) is 0 Å². The number of benzene rings is 2. The van der Waals surface area contributed by atoms with E-state index in [0.717, 1.165) is 22.8 Å². The Kier molecular flexibility index (Phi) is 8.13. The molecule has 4 aromatic rings. The number of rotatable bonds is 7. The second-order valence-corrected chi connectivity index (χ2v) is 12.3. The third-order valence-electron chi connectivity index (χ3n) is 6.94. The third kappa shape index (κ3) is 5.91. The summed E-state index contributed by atoms with van der Waals surface area (Å²) in [5, 5.41) is 6.15. The molecule has 0 amide bonds. The first-order chi connectivity index (χ1) is 20.3. The van der Waals surface area contributed by atoms with E-state index in [2.05, 4.69) is 20.6 Å². The summed E-state index contributed by atoms with van der Waals surface area (Å²) in [6.45, 7) is 3.95. The van der Waals surface area contributed by atoms with Crippen molar-refractivity contribution in [1.29, 1.82) is 0 Å². The molecule has 2 aromatic heterocycles. The lowest BCUT2D eigenvalue weighted by atomic mass is 9.92. The Morgan fingerprint density at radius 3 is 2.37 bits per heavy atom. The van der Waals surface area contributed by atoms with Gasteiger partial charge in [-0.25, -0.2) is 35.4 Å². The van der Waals surface area contributed by atoms with Crippen LogP contribution in [0.2, 0.25) is 0 Å².